The van der Waals surface area contributed by atoms with Crippen molar-refractivity contribution in [3.05, 3.63) is 11.6 Å². The summed E-state index contributed by atoms with van der Waals surface area (Å²) in [7, 11) is 1.82. The monoisotopic (exact) mass is 219 g/mol. The van der Waals surface area contributed by atoms with Crippen molar-refractivity contribution in [2.45, 2.75) is 25.7 Å². The Hall–Kier alpha value is -1.85. The molecule has 1 fully saturated rings. The first kappa shape index (κ1) is 9.38. The van der Waals surface area contributed by atoms with Crippen molar-refractivity contribution >= 4 is 5.69 Å². The highest BCUT2D eigenvalue weighted by atomic mass is 16.4. The SMILES string of the molecule is Cc1nn(C)c(-c2nnc(C3CC3)o2)c1N. The number of rotatable bonds is 2. The summed E-state index contributed by atoms with van der Waals surface area (Å²) < 4.78 is 7.28. The van der Waals surface area contributed by atoms with E-state index in [-0.39, 0.29) is 0 Å². The van der Waals surface area contributed by atoms with Gasteiger partial charge in [0.2, 0.25) is 5.89 Å². The lowest BCUT2D eigenvalue weighted by Gasteiger charge is -1.96. The molecule has 2 aromatic rings. The highest BCUT2D eigenvalue weighted by Crippen LogP contribution is 2.40. The molecule has 0 amide bonds. The molecule has 16 heavy (non-hydrogen) atoms. The van der Waals surface area contributed by atoms with Crippen LogP contribution in [0, 0.1) is 6.92 Å². The predicted octanol–water partition coefficient (Wildman–Crippen LogP) is 1.24. The number of hydrogen-bond donors (Lipinski definition) is 1. The van der Waals surface area contributed by atoms with Gasteiger partial charge in [-0.3, -0.25) is 4.68 Å². The maximum absolute atomic E-state index is 5.93. The number of nitrogens with zero attached hydrogens (tertiary/aromatic N) is 4. The van der Waals surface area contributed by atoms with E-state index in [9.17, 15) is 0 Å². The number of anilines is 1. The first-order chi connectivity index (χ1) is 7.66. The highest BCUT2D eigenvalue weighted by Gasteiger charge is 2.30. The molecule has 0 bridgehead atoms. The van der Waals surface area contributed by atoms with E-state index < -0.39 is 0 Å². The van der Waals surface area contributed by atoms with E-state index in [2.05, 4.69) is 15.3 Å². The summed E-state index contributed by atoms with van der Waals surface area (Å²) in [4.78, 5) is 0. The van der Waals surface area contributed by atoms with E-state index in [0.29, 0.717) is 29.1 Å². The van der Waals surface area contributed by atoms with Crippen molar-refractivity contribution < 1.29 is 4.42 Å². The Morgan fingerprint density at radius 1 is 1.38 bits per heavy atom. The molecule has 84 valence electrons. The molecular formula is C10H13N5O. The van der Waals surface area contributed by atoms with Crippen LogP contribution in [0.3, 0.4) is 0 Å². The van der Waals surface area contributed by atoms with Crippen LogP contribution in [0.1, 0.15) is 30.3 Å². The summed E-state index contributed by atoms with van der Waals surface area (Å²) in [6.45, 7) is 1.86. The summed E-state index contributed by atoms with van der Waals surface area (Å²) >= 11 is 0. The van der Waals surface area contributed by atoms with Gasteiger partial charge in [-0.15, -0.1) is 10.2 Å². The molecule has 0 atom stereocenters. The van der Waals surface area contributed by atoms with Crippen LogP contribution in [-0.4, -0.2) is 20.0 Å². The predicted molar refractivity (Wildman–Crippen MR) is 57.6 cm³/mol. The van der Waals surface area contributed by atoms with Gasteiger partial charge in [-0.1, -0.05) is 0 Å². The molecular weight excluding hydrogens is 206 g/mol. The average molecular weight is 219 g/mol. The molecule has 0 radical (unpaired) electrons. The van der Waals surface area contributed by atoms with Crippen molar-refractivity contribution in [3.8, 4) is 11.6 Å². The first-order valence-electron chi connectivity index (χ1n) is 5.29. The van der Waals surface area contributed by atoms with Crippen molar-refractivity contribution in [3.63, 3.8) is 0 Å². The zero-order chi connectivity index (χ0) is 11.3. The second kappa shape index (κ2) is 3.07. The molecule has 0 aliphatic heterocycles. The van der Waals surface area contributed by atoms with Crippen molar-refractivity contribution in [2.75, 3.05) is 5.73 Å². The van der Waals surface area contributed by atoms with Gasteiger partial charge >= 0.3 is 0 Å². The van der Waals surface area contributed by atoms with Gasteiger partial charge in [-0.05, 0) is 19.8 Å². The number of aromatic nitrogens is 4. The van der Waals surface area contributed by atoms with Crippen molar-refractivity contribution in [2.24, 2.45) is 7.05 Å². The van der Waals surface area contributed by atoms with Crippen molar-refractivity contribution in [1.82, 2.24) is 20.0 Å². The minimum atomic E-state index is 0.455. The quantitative estimate of drug-likeness (QED) is 0.821. The van der Waals surface area contributed by atoms with E-state index in [4.69, 9.17) is 10.2 Å². The van der Waals surface area contributed by atoms with Gasteiger partial charge in [-0.2, -0.15) is 5.10 Å². The van der Waals surface area contributed by atoms with Crippen LogP contribution in [0.4, 0.5) is 5.69 Å². The van der Waals surface area contributed by atoms with Crippen LogP contribution in [0.2, 0.25) is 0 Å². The minimum absolute atomic E-state index is 0.455. The maximum Gasteiger partial charge on any atom is 0.268 e. The number of nitrogen functional groups attached to an aromatic ring is 1. The third kappa shape index (κ3) is 1.30. The zero-order valence-corrected chi connectivity index (χ0v) is 9.27. The number of hydrogen-bond acceptors (Lipinski definition) is 5. The second-order valence-electron chi connectivity index (χ2n) is 4.19. The van der Waals surface area contributed by atoms with Gasteiger partial charge in [0.05, 0.1) is 11.4 Å². The van der Waals surface area contributed by atoms with Crippen LogP contribution in [-0.2, 0) is 7.05 Å². The van der Waals surface area contributed by atoms with Crippen molar-refractivity contribution in [1.29, 1.82) is 0 Å². The number of aryl methyl sites for hydroxylation is 2. The van der Waals surface area contributed by atoms with Gasteiger partial charge in [0.1, 0.15) is 5.69 Å². The first-order valence-corrected chi connectivity index (χ1v) is 5.29. The molecule has 1 saturated carbocycles. The molecule has 0 spiro atoms. The van der Waals surface area contributed by atoms with Gasteiger partial charge in [-0.25, -0.2) is 0 Å². The van der Waals surface area contributed by atoms with E-state index in [1.165, 1.54) is 0 Å². The Kier molecular flexibility index (Phi) is 1.80. The third-order valence-electron chi connectivity index (χ3n) is 2.84. The van der Waals surface area contributed by atoms with Gasteiger partial charge in [0, 0.05) is 13.0 Å². The largest absolute Gasteiger partial charge is 0.419 e. The maximum atomic E-state index is 5.93. The Bertz CT molecular complexity index is 537. The normalized spacial score (nSPS) is 15.6. The lowest BCUT2D eigenvalue weighted by molar-refractivity contribution is 0.503. The van der Waals surface area contributed by atoms with Crippen LogP contribution >= 0.6 is 0 Å². The van der Waals surface area contributed by atoms with Gasteiger partial charge < -0.3 is 10.2 Å². The third-order valence-corrected chi connectivity index (χ3v) is 2.84. The van der Waals surface area contributed by atoms with Crippen LogP contribution in [0.15, 0.2) is 4.42 Å². The summed E-state index contributed by atoms with van der Waals surface area (Å²) in [6, 6.07) is 0. The molecule has 3 rings (SSSR count). The standard InChI is InChI=1S/C10H13N5O/c1-5-7(11)8(15(2)14-5)10-13-12-9(16-10)6-3-4-6/h6H,3-4,11H2,1-2H3. The van der Waals surface area contributed by atoms with Crippen LogP contribution < -0.4 is 5.73 Å². The Balaban J connectivity index is 2.06. The fourth-order valence-corrected chi connectivity index (χ4v) is 1.75. The molecule has 1 aliphatic carbocycles. The average Bonchev–Trinajstić information content (AvgIpc) is 2.93. The Labute approximate surface area is 92.5 Å². The fourth-order valence-electron chi connectivity index (χ4n) is 1.75. The van der Waals surface area contributed by atoms with Gasteiger partial charge in [0.25, 0.3) is 5.89 Å². The van der Waals surface area contributed by atoms with E-state index >= 15 is 0 Å². The smallest absolute Gasteiger partial charge is 0.268 e. The Morgan fingerprint density at radius 2 is 2.12 bits per heavy atom. The van der Waals surface area contributed by atoms with Crippen LogP contribution in [0.5, 0.6) is 0 Å². The molecule has 0 aromatic carbocycles. The second-order valence-corrected chi connectivity index (χ2v) is 4.19. The number of nitrogens with two attached hydrogens (primary N) is 1. The van der Waals surface area contributed by atoms with Gasteiger partial charge in [0.15, 0.2) is 0 Å². The Morgan fingerprint density at radius 3 is 2.69 bits per heavy atom. The summed E-state index contributed by atoms with van der Waals surface area (Å²) in [5, 5.41) is 12.3. The highest BCUT2D eigenvalue weighted by molar-refractivity contribution is 5.68. The van der Waals surface area contributed by atoms with Crippen LogP contribution in [0.25, 0.3) is 11.6 Å². The van der Waals surface area contributed by atoms with E-state index in [1.807, 2.05) is 14.0 Å². The molecule has 2 aromatic heterocycles. The summed E-state index contributed by atoms with van der Waals surface area (Å²) in [5.41, 5.74) is 8.02. The molecule has 1 aliphatic rings. The lowest BCUT2D eigenvalue weighted by Crippen LogP contribution is -1.95. The summed E-state index contributed by atoms with van der Waals surface area (Å²) in [6.07, 6.45) is 2.28. The molecule has 0 unspecified atom stereocenters. The lowest BCUT2D eigenvalue weighted by atomic mass is 10.3. The molecule has 6 heteroatoms. The summed E-state index contributed by atoms with van der Waals surface area (Å²) in [5.74, 6) is 1.63. The van der Waals surface area contributed by atoms with E-state index in [1.54, 1.807) is 4.68 Å². The molecule has 2 heterocycles. The minimum Gasteiger partial charge on any atom is -0.419 e. The topological polar surface area (TPSA) is 82.8 Å². The molecule has 0 saturated heterocycles. The van der Waals surface area contributed by atoms with E-state index in [0.717, 1.165) is 18.5 Å². The fraction of sp³-hybridized carbons (Fsp3) is 0.500. The molecule has 6 nitrogen and oxygen atoms in total. The molecule has 2 N–H and O–H groups in total. The zero-order valence-electron chi connectivity index (χ0n) is 9.27.